The Morgan fingerprint density at radius 2 is 1.62 bits per heavy atom. The van der Waals surface area contributed by atoms with E-state index in [9.17, 15) is 13.9 Å². The number of hydrogen-bond donors (Lipinski definition) is 1. The fourth-order valence-corrected chi connectivity index (χ4v) is 2.48. The van der Waals surface area contributed by atoms with Crippen molar-refractivity contribution in [1.29, 1.82) is 0 Å². The van der Waals surface area contributed by atoms with Gasteiger partial charge < -0.3 is 5.11 Å². The lowest BCUT2D eigenvalue weighted by Gasteiger charge is -2.27. The van der Waals surface area contributed by atoms with Crippen LogP contribution in [0.4, 0.5) is 8.78 Å². The zero-order valence-corrected chi connectivity index (χ0v) is 9.13. The van der Waals surface area contributed by atoms with Crippen LogP contribution in [-0.4, -0.2) is 5.11 Å². The highest BCUT2D eigenvalue weighted by molar-refractivity contribution is 5.22. The fraction of sp³-hybridized carbons (Fsp3) is 0.538. The van der Waals surface area contributed by atoms with Crippen LogP contribution in [0.1, 0.15) is 43.8 Å². The van der Waals surface area contributed by atoms with E-state index in [1.54, 1.807) is 0 Å². The second-order valence-corrected chi connectivity index (χ2v) is 4.48. The van der Waals surface area contributed by atoms with E-state index in [0.29, 0.717) is 0 Å². The molecule has 1 aromatic rings. The summed E-state index contributed by atoms with van der Waals surface area (Å²) in [6, 6.07) is 3.72. The van der Waals surface area contributed by atoms with Gasteiger partial charge in [0.15, 0.2) is 0 Å². The Bertz CT molecular complexity index is 339. The molecular formula is C13H16F2O. The molecule has 1 saturated carbocycles. The summed E-state index contributed by atoms with van der Waals surface area (Å²) in [4.78, 5) is 0. The molecule has 1 N–H and O–H groups in total. The summed E-state index contributed by atoms with van der Waals surface area (Å²) in [5.41, 5.74) is -0.158. The van der Waals surface area contributed by atoms with Gasteiger partial charge in [-0.1, -0.05) is 25.3 Å². The predicted octanol–water partition coefficient (Wildman–Crippen LogP) is 3.58. The molecule has 1 nitrogen and oxygen atoms in total. The lowest BCUT2D eigenvalue weighted by molar-refractivity contribution is 0.0782. The quantitative estimate of drug-likeness (QED) is 0.817. The van der Waals surface area contributed by atoms with Crippen LogP contribution in [0.2, 0.25) is 0 Å². The van der Waals surface area contributed by atoms with E-state index in [1.807, 2.05) is 0 Å². The van der Waals surface area contributed by atoms with E-state index in [4.69, 9.17) is 0 Å². The Balaban J connectivity index is 2.22. The van der Waals surface area contributed by atoms with E-state index < -0.39 is 17.7 Å². The maximum Gasteiger partial charge on any atom is 0.131 e. The highest BCUT2D eigenvalue weighted by atomic mass is 19.1. The van der Waals surface area contributed by atoms with Gasteiger partial charge in [0.05, 0.1) is 11.7 Å². The van der Waals surface area contributed by atoms with Crippen LogP contribution in [0.15, 0.2) is 18.2 Å². The third kappa shape index (κ3) is 2.24. The molecule has 1 fully saturated rings. The molecule has 1 aliphatic rings. The Labute approximate surface area is 94.1 Å². The number of halogens is 2. The van der Waals surface area contributed by atoms with Crippen LogP contribution in [0, 0.1) is 17.6 Å². The van der Waals surface area contributed by atoms with Crippen LogP contribution >= 0.6 is 0 Å². The molecule has 0 spiro atoms. The first-order valence-corrected chi connectivity index (χ1v) is 5.82. The first-order valence-electron chi connectivity index (χ1n) is 5.82. The number of aliphatic hydroxyl groups excluding tert-OH is 1. The fourth-order valence-electron chi connectivity index (χ4n) is 2.48. The summed E-state index contributed by atoms with van der Waals surface area (Å²) < 4.78 is 26.9. The van der Waals surface area contributed by atoms with Gasteiger partial charge in [-0.05, 0) is 30.9 Å². The van der Waals surface area contributed by atoms with Gasteiger partial charge in [-0.25, -0.2) is 8.78 Å². The van der Waals surface area contributed by atoms with Crippen LogP contribution in [0.3, 0.4) is 0 Å². The minimum Gasteiger partial charge on any atom is -0.388 e. The van der Waals surface area contributed by atoms with Crippen molar-refractivity contribution in [2.75, 3.05) is 0 Å². The third-order valence-electron chi connectivity index (χ3n) is 3.39. The Morgan fingerprint density at radius 3 is 2.19 bits per heavy atom. The highest BCUT2D eigenvalue weighted by Gasteiger charge is 2.27. The van der Waals surface area contributed by atoms with Crippen LogP contribution in [0.5, 0.6) is 0 Å². The molecule has 3 heteroatoms. The monoisotopic (exact) mass is 226 g/mol. The molecule has 0 saturated heterocycles. The SMILES string of the molecule is O[C@H](c1c(F)cccc1F)C1CCCCC1. The second-order valence-electron chi connectivity index (χ2n) is 4.48. The summed E-state index contributed by atoms with van der Waals surface area (Å²) in [7, 11) is 0. The molecule has 0 radical (unpaired) electrons. The van der Waals surface area contributed by atoms with Gasteiger partial charge in [0.1, 0.15) is 11.6 Å². The van der Waals surface area contributed by atoms with Gasteiger partial charge in [-0.3, -0.25) is 0 Å². The highest BCUT2D eigenvalue weighted by Crippen LogP contribution is 2.36. The lowest BCUT2D eigenvalue weighted by Crippen LogP contribution is -2.18. The molecule has 88 valence electrons. The van der Waals surface area contributed by atoms with Crippen molar-refractivity contribution in [2.24, 2.45) is 5.92 Å². The van der Waals surface area contributed by atoms with Gasteiger partial charge in [0, 0.05) is 0 Å². The van der Waals surface area contributed by atoms with Crippen LogP contribution in [-0.2, 0) is 0 Å². The topological polar surface area (TPSA) is 20.2 Å². The average Bonchev–Trinajstić information content (AvgIpc) is 2.30. The zero-order valence-electron chi connectivity index (χ0n) is 9.13. The molecule has 0 aromatic heterocycles. The second kappa shape index (κ2) is 4.91. The molecule has 0 unspecified atom stereocenters. The first-order chi connectivity index (χ1) is 7.70. The Kier molecular flexibility index (Phi) is 3.54. The number of benzene rings is 1. The van der Waals surface area contributed by atoms with E-state index in [0.717, 1.165) is 32.1 Å². The summed E-state index contributed by atoms with van der Waals surface area (Å²) in [5, 5.41) is 10.0. The maximum absolute atomic E-state index is 13.5. The van der Waals surface area contributed by atoms with Crippen molar-refractivity contribution in [3.63, 3.8) is 0 Å². The normalized spacial score (nSPS) is 19.7. The average molecular weight is 226 g/mol. The molecule has 2 rings (SSSR count). The number of rotatable bonds is 2. The zero-order chi connectivity index (χ0) is 11.5. The Hall–Kier alpha value is -0.960. The number of hydrogen-bond acceptors (Lipinski definition) is 1. The van der Waals surface area contributed by atoms with Crippen LogP contribution in [0.25, 0.3) is 0 Å². The molecule has 1 aromatic carbocycles. The maximum atomic E-state index is 13.5. The number of aliphatic hydroxyl groups is 1. The van der Waals surface area contributed by atoms with Gasteiger partial charge >= 0.3 is 0 Å². The largest absolute Gasteiger partial charge is 0.388 e. The van der Waals surface area contributed by atoms with Gasteiger partial charge in [0.2, 0.25) is 0 Å². The molecule has 0 heterocycles. The van der Waals surface area contributed by atoms with E-state index >= 15 is 0 Å². The first kappa shape index (κ1) is 11.5. The van der Waals surface area contributed by atoms with Gasteiger partial charge in [-0.2, -0.15) is 0 Å². The molecule has 16 heavy (non-hydrogen) atoms. The van der Waals surface area contributed by atoms with Crippen molar-refractivity contribution < 1.29 is 13.9 Å². The van der Waals surface area contributed by atoms with Crippen LogP contribution < -0.4 is 0 Å². The summed E-state index contributed by atoms with van der Waals surface area (Å²) in [5.74, 6) is -1.28. The molecule has 0 amide bonds. The van der Waals surface area contributed by atoms with E-state index in [2.05, 4.69) is 0 Å². The standard InChI is InChI=1S/C13H16F2O/c14-10-7-4-8-11(15)12(10)13(16)9-5-2-1-3-6-9/h4,7-9,13,16H,1-3,5-6H2/t13-/m0/s1. The van der Waals surface area contributed by atoms with Crippen molar-refractivity contribution in [2.45, 2.75) is 38.2 Å². The van der Waals surface area contributed by atoms with Crippen molar-refractivity contribution in [3.05, 3.63) is 35.4 Å². The minimum absolute atomic E-state index is 0.000139. The van der Waals surface area contributed by atoms with Crippen molar-refractivity contribution in [3.8, 4) is 0 Å². The van der Waals surface area contributed by atoms with E-state index in [1.165, 1.54) is 18.2 Å². The summed E-state index contributed by atoms with van der Waals surface area (Å²) in [6.07, 6.45) is 3.95. The lowest BCUT2D eigenvalue weighted by atomic mass is 9.82. The molecule has 1 aliphatic carbocycles. The predicted molar refractivity (Wildman–Crippen MR) is 57.9 cm³/mol. The Morgan fingerprint density at radius 1 is 1.06 bits per heavy atom. The molecule has 0 aliphatic heterocycles. The molecular weight excluding hydrogens is 210 g/mol. The summed E-state index contributed by atoms with van der Waals surface area (Å²) >= 11 is 0. The molecule has 0 bridgehead atoms. The van der Waals surface area contributed by atoms with Gasteiger partial charge in [-0.15, -0.1) is 0 Å². The van der Waals surface area contributed by atoms with Crippen molar-refractivity contribution in [1.82, 2.24) is 0 Å². The molecule has 1 atom stereocenters. The van der Waals surface area contributed by atoms with Gasteiger partial charge in [0.25, 0.3) is 0 Å². The minimum atomic E-state index is -0.999. The smallest absolute Gasteiger partial charge is 0.131 e. The summed E-state index contributed by atoms with van der Waals surface area (Å²) in [6.45, 7) is 0. The van der Waals surface area contributed by atoms with E-state index in [-0.39, 0.29) is 11.5 Å². The third-order valence-corrected chi connectivity index (χ3v) is 3.39. The van der Waals surface area contributed by atoms with Crippen molar-refractivity contribution >= 4 is 0 Å².